The van der Waals surface area contributed by atoms with Crippen LogP contribution in [0.4, 0.5) is 0 Å². The van der Waals surface area contributed by atoms with Gasteiger partial charge >= 0.3 is 0 Å². The molecule has 2 saturated heterocycles. The van der Waals surface area contributed by atoms with Crippen molar-refractivity contribution in [2.24, 2.45) is 16.8 Å². The molecule has 2 fully saturated rings. The molecule has 2 atom stereocenters. The predicted octanol–water partition coefficient (Wildman–Crippen LogP) is 0.783. The van der Waals surface area contributed by atoms with E-state index >= 15 is 0 Å². The molecule has 2 aliphatic rings. The molecule has 2 unspecified atom stereocenters. The summed E-state index contributed by atoms with van der Waals surface area (Å²) in [6.45, 7) is 11.5. The van der Waals surface area contributed by atoms with Crippen molar-refractivity contribution in [3.05, 3.63) is 0 Å². The van der Waals surface area contributed by atoms with Gasteiger partial charge in [0.15, 0.2) is 5.96 Å². The van der Waals surface area contributed by atoms with Crippen LogP contribution in [0.2, 0.25) is 0 Å². The molecule has 0 aromatic rings. The minimum absolute atomic E-state index is 0.0000203. The molecule has 29 heavy (non-hydrogen) atoms. The van der Waals surface area contributed by atoms with Crippen LogP contribution in [0.1, 0.15) is 33.1 Å². The Kier molecular flexibility index (Phi) is 10.7. The number of hydrogen-bond donors (Lipinski definition) is 2. The highest BCUT2D eigenvalue weighted by molar-refractivity contribution is 5.84. The molecule has 8 nitrogen and oxygen atoms in total. The fourth-order valence-electron chi connectivity index (χ4n) is 3.98. The highest BCUT2D eigenvalue weighted by Crippen LogP contribution is 2.19. The second-order valence-corrected chi connectivity index (χ2v) is 8.24. The molecule has 2 aliphatic heterocycles. The SMILES string of the molecule is CCC(CC)C(CNC(=NCC(=O)N(C)C)NCC1CCOC1)N1CCOCC1. The molecular weight excluding hydrogens is 370 g/mol. The summed E-state index contributed by atoms with van der Waals surface area (Å²) in [5, 5.41) is 6.96. The number of nitrogens with zero attached hydrogens (tertiary/aromatic N) is 3. The number of likely N-dealkylation sites (N-methyl/N-ethyl adjacent to an activating group) is 1. The molecule has 8 heteroatoms. The maximum Gasteiger partial charge on any atom is 0.243 e. The molecule has 0 radical (unpaired) electrons. The first-order chi connectivity index (χ1) is 14.0. The third-order valence-electron chi connectivity index (χ3n) is 6.04. The second kappa shape index (κ2) is 13.0. The van der Waals surface area contributed by atoms with Gasteiger partial charge in [0.25, 0.3) is 0 Å². The highest BCUT2D eigenvalue weighted by Gasteiger charge is 2.27. The monoisotopic (exact) mass is 411 g/mol. The number of hydrogen-bond acceptors (Lipinski definition) is 5. The quantitative estimate of drug-likeness (QED) is 0.409. The third-order valence-corrected chi connectivity index (χ3v) is 6.04. The van der Waals surface area contributed by atoms with Crippen molar-refractivity contribution in [1.82, 2.24) is 20.4 Å². The van der Waals surface area contributed by atoms with Crippen LogP contribution >= 0.6 is 0 Å². The number of aliphatic imine (C=N–C) groups is 1. The van der Waals surface area contributed by atoms with Gasteiger partial charge in [-0.3, -0.25) is 9.69 Å². The largest absolute Gasteiger partial charge is 0.381 e. The number of carbonyl (C=O) groups excluding carboxylic acids is 1. The van der Waals surface area contributed by atoms with Gasteiger partial charge in [-0.2, -0.15) is 0 Å². The van der Waals surface area contributed by atoms with Crippen molar-refractivity contribution >= 4 is 11.9 Å². The Hall–Kier alpha value is -1.38. The molecule has 0 aromatic heterocycles. The number of morpholine rings is 1. The van der Waals surface area contributed by atoms with E-state index in [2.05, 4.69) is 34.4 Å². The number of amides is 1. The lowest BCUT2D eigenvalue weighted by Crippen LogP contribution is -2.53. The van der Waals surface area contributed by atoms with Gasteiger partial charge in [-0.05, 0) is 12.3 Å². The van der Waals surface area contributed by atoms with Crippen molar-refractivity contribution in [3.63, 3.8) is 0 Å². The first-order valence-electron chi connectivity index (χ1n) is 11.2. The van der Waals surface area contributed by atoms with Gasteiger partial charge in [0, 0.05) is 58.8 Å². The molecule has 0 aromatic carbocycles. The molecule has 0 saturated carbocycles. The number of carbonyl (C=O) groups is 1. The number of ether oxygens (including phenoxy) is 2. The maximum atomic E-state index is 12.0. The average molecular weight is 412 g/mol. The first kappa shape index (κ1) is 23.9. The zero-order chi connectivity index (χ0) is 21.1. The Morgan fingerprint density at radius 2 is 1.86 bits per heavy atom. The lowest BCUT2D eigenvalue weighted by molar-refractivity contribution is -0.127. The Morgan fingerprint density at radius 3 is 2.45 bits per heavy atom. The van der Waals surface area contributed by atoms with E-state index in [4.69, 9.17) is 9.47 Å². The fourth-order valence-corrected chi connectivity index (χ4v) is 3.98. The molecule has 2 heterocycles. The van der Waals surface area contributed by atoms with Gasteiger partial charge in [-0.1, -0.05) is 26.7 Å². The van der Waals surface area contributed by atoms with Gasteiger partial charge in [0.1, 0.15) is 6.54 Å². The average Bonchev–Trinajstić information content (AvgIpc) is 3.26. The Morgan fingerprint density at radius 1 is 1.14 bits per heavy atom. The summed E-state index contributed by atoms with van der Waals surface area (Å²) in [5.74, 6) is 1.84. The minimum atomic E-state index is 0.0000203. The van der Waals surface area contributed by atoms with E-state index in [1.54, 1.807) is 19.0 Å². The van der Waals surface area contributed by atoms with Gasteiger partial charge < -0.3 is 25.0 Å². The maximum absolute atomic E-state index is 12.0. The van der Waals surface area contributed by atoms with Gasteiger partial charge in [-0.15, -0.1) is 0 Å². The van der Waals surface area contributed by atoms with Crippen LogP contribution in [0.5, 0.6) is 0 Å². The zero-order valence-electron chi connectivity index (χ0n) is 18.8. The third kappa shape index (κ3) is 8.10. The molecule has 1 amide bonds. The molecule has 0 spiro atoms. The molecule has 0 aliphatic carbocycles. The number of rotatable bonds is 10. The van der Waals surface area contributed by atoms with E-state index in [9.17, 15) is 4.79 Å². The van der Waals surface area contributed by atoms with Crippen LogP contribution < -0.4 is 10.6 Å². The van der Waals surface area contributed by atoms with Crippen molar-refractivity contribution < 1.29 is 14.3 Å². The Labute approximate surface area is 176 Å². The molecular formula is C21H41N5O3. The molecule has 2 rings (SSSR count). The van der Waals surface area contributed by atoms with Crippen LogP contribution in [-0.4, -0.2) is 101 Å². The predicted molar refractivity (Wildman–Crippen MR) is 116 cm³/mol. The smallest absolute Gasteiger partial charge is 0.243 e. The van der Waals surface area contributed by atoms with Gasteiger partial charge in [0.05, 0.1) is 19.8 Å². The van der Waals surface area contributed by atoms with E-state index in [1.165, 1.54) is 0 Å². The minimum Gasteiger partial charge on any atom is -0.381 e. The van der Waals surface area contributed by atoms with E-state index in [0.29, 0.717) is 17.9 Å². The summed E-state index contributed by atoms with van der Waals surface area (Å²) in [4.78, 5) is 20.7. The van der Waals surface area contributed by atoms with Gasteiger partial charge in [-0.25, -0.2) is 4.99 Å². The summed E-state index contributed by atoms with van der Waals surface area (Å²) in [5.41, 5.74) is 0. The molecule has 0 bridgehead atoms. The number of guanidine groups is 1. The van der Waals surface area contributed by atoms with E-state index in [1.807, 2.05) is 0 Å². The Bertz CT molecular complexity index is 499. The summed E-state index contributed by atoms with van der Waals surface area (Å²) >= 11 is 0. The van der Waals surface area contributed by atoms with E-state index < -0.39 is 0 Å². The first-order valence-corrected chi connectivity index (χ1v) is 11.2. The normalized spacial score (nSPS) is 22.0. The van der Waals surface area contributed by atoms with E-state index in [0.717, 1.165) is 77.8 Å². The summed E-state index contributed by atoms with van der Waals surface area (Å²) in [7, 11) is 3.52. The fraction of sp³-hybridized carbons (Fsp3) is 0.905. The van der Waals surface area contributed by atoms with Crippen LogP contribution in [0.3, 0.4) is 0 Å². The summed E-state index contributed by atoms with van der Waals surface area (Å²) < 4.78 is 11.0. The molecule has 2 N–H and O–H groups in total. The highest BCUT2D eigenvalue weighted by atomic mass is 16.5. The van der Waals surface area contributed by atoms with Crippen molar-refractivity contribution in [2.45, 2.75) is 39.2 Å². The summed E-state index contributed by atoms with van der Waals surface area (Å²) in [6, 6.07) is 0.431. The van der Waals surface area contributed by atoms with E-state index in [-0.39, 0.29) is 12.5 Å². The lowest BCUT2D eigenvalue weighted by atomic mass is 9.92. The van der Waals surface area contributed by atoms with Crippen molar-refractivity contribution in [2.75, 3.05) is 73.2 Å². The van der Waals surface area contributed by atoms with Crippen LogP contribution in [-0.2, 0) is 14.3 Å². The standard InChI is InChI=1S/C21H41N5O3/c1-5-18(6-2)19(26-8-11-28-12-9-26)14-23-21(24-15-20(27)25(3)4)22-13-17-7-10-29-16-17/h17-19H,5-16H2,1-4H3,(H2,22,23,24). The van der Waals surface area contributed by atoms with Gasteiger partial charge in [0.2, 0.25) is 5.91 Å². The lowest BCUT2D eigenvalue weighted by Gasteiger charge is -2.39. The second-order valence-electron chi connectivity index (χ2n) is 8.24. The molecule has 168 valence electrons. The summed E-state index contributed by atoms with van der Waals surface area (Å²) in [6.07, 6.45) is 3.37. The van der Waals surface area contributed by atoms with Crippen LogP contribution in [0.15, 0.2) is 4.99 Å². The van der Waals surface area contributed by atoms with Crippen LogP contribution in [0.25, 0.3) is 0 Å². The number of nitrogens with one attached hydrogen (secondary N) is 2. The van der Waals surface area contributed by atoms with Crippen LogP contribution in [0, 0.1) is 11.8 Å². The van der Waals surface area contributed by atoms with Crippen molar-refractivity contribution in [3.8, 4) is 0 Å². The topological polar surface area (TPSA) is 78.4 Å². The van der Waals surface area contributed by atoms with Crippen molar-refractivity contribution in [1.29, 1.82) is 0 Å². The Balaban J connectivity index is 2.00. The zero-order valence-corrected chi connectivity index (χ0v) is 18.8.